The summed E-state index contributed by atoms with van der Waals surface area (Å²) in [5.41, 5.74) is 3.17. The monoisotopic (exact) mass is 264 g/mol. The van der Waals surface area contributed by atoms with Crippen LogP contribution in [0.5, 0.6) is 0 Å². The van der Waals surface area contributed by atoms with Crippen molar-refractivity contribution in [3.8, 4) is 17.1 Å². The normalized spacial score (nSPS) is 10.5. The van der Waals surface area contributed by atoms with E-state index >= 15 is 0 Å². The average molecular weight is 264 g/mol. The minimum absolute atomic E-state index is 0.867. The molecule has 0 atom stereocenters. The molecule has 0 aliphatic carbocycles. The Morgan fingerprint density at radius 3 is 2.55 bits per heavy atom. The molecule has 0 radical (unpaired) electrons. The van der Waals surface area contributed by atoms with Crippen LogP contribution in [0.1, 0.15) is 0 Å². The Kier molecular flexibility index (Phi) is 3.21. The van der Waals surface area contributed by atoms with Crippen molar-refractivity contribution in [2.45, 2.75) is 0 Å². The number of anilines is 1. The molecule has 0 amide bonds. The molecule has 3 rings (SSSR count). The van der Waals surface area contributed by atoms with Crippen LogP contribution in [0.4, 0.5) is 5.69 Å². The summed E-state index contributed by atoms with van der Waals surface area (Å²) in [5, 5.41) is 0. The van der Waals surface area contributed by atoms with Crippen LogP contribution < -0.4 is 4.90 Å². The highest BCUT2D eigenvalue weighted by molar-refractivity contribution is 5.58. The van der Waals surface area contributed by atoms with Crippen LogP contribution in [0.15, 0.2) is 61.2 Å². The van der Waals surface area contributed by atoms with Crippen molar-refractivity contribution in [3.05, 3.63) is 61.2 Å². The molecule has 100 valence electrons. The van der Waals surface area contributed by atoms with Gasteiger partial charge >= 0.3 is 0 Å². The minimum atomic E-state index is 0.867. The van der Waals surface area contributed by atoms with Gasteiger partial charge in [0.15, 0.2) is 0 Å². The van der Waals surface area contributed by atoms with Crippen molar-refractivity contribution in [2.24, 2.45) is 0 Å². The first-order valence-corrected chi connectivity index (χ1v) is 6.47. The van der Waals surface area contributed by atoms with Crippen molar-refractivity contribution in [2.75, 3.05) is 19.0 Å². The smallest absolute Gasteiger partial charge is 0.139 e. The van der Waals surface area contributed by atoms with E-state index in [1.54, 1.807) is 6.33 Å². The highest BCUT2D eigenvalue weighted by atomic mass is 15.1. The summed E-state index contributed by atoms with van der Waals surface area (Å²) in [6.45, 7) is 0. The van der Waals surface area contributed by atoms with Gasteiger partial charge in [0.25, 0.3) is 0 Å². The van der Waals surface area contributed by atoms with Gasteiger partial charge in [0.2, 0.25) is 0 Å². The summed E-state index contributed by atoms with van der Waals surface area (Å²) >= 11 is 0. The third kappa shape index (κ3) is 2.40. The molecule has 1 aromatic carbocycles. The van der Waals surface area contributed by atoms with Crippen molar-refractivity contribution in [1.82, 2.24) is 14.5 Å². The van der Waals surface area contributed by atoms with E-state index in [4.69, 9.17) is 0 Å². The van der Waals surface area contributed by atoms with Gasteiger partial charge in [-0.05, 0) is 6.07 Å². The molecule has 2 heterocycles. The molecule has 2 aromatic heterocycles. The molecule has 0 bridgehead atoms. The summed E-state index contributed by atoms with van der Waals surface area (Å²) in [4.78, 5) is 10.9. The molecular formula is C16H16N4. The lowest BCUT2D eigenvalue weighted by Gasteiger charge is -2.12. The first-order valence-electron chi connectivity index (χ1n) is 6.47. The summed E-state index contributed by atoms with van der Waals surface area (Å²) in [7, 11) is 4.03. The maximum absolute atomic E-state index is 4.45. The fourth-order valence-electron chi connectivity index (χ4n) is 2.03. The van der Waals surface area contributed by atoms with Gasteiger partial charge in [-0.2, -0.15) is 0 Å². The van der Waals surface area contributed by atoms with Crippen molar-refractivity contribution in [3.63, 3.8) is 0 Å². The fourth-order valence-corrected chi connectivity index (χ4v) is 2.03. The standard InChI is InChI=1S/C16H16N4/c1-19(2)14-8-9-17-16(10-14)20-11-15(18-12-20)13-6-4-3-5-7-13/h3-12H,1-2H3. The van der Waals surface area contributed by atoms with Gasteiger partial charge in [-0.3, -0.25) is 4.57 Å². The van der Waals surface area contributed by atoms with Crippen LogP contribution in [0.25, 0.3) is 17.1 Å². The first-order chi connectivity index (χ1) is 9.74. The van der Waals surface area contributed by atoms with E-state index in [0.717, 1.165) is 22.8 Å². The summed E-state index contributed by atoms with van der Waals surface area (Å²) in [6, 6.07) is 14.2. The molecule has 4 nitrogen and oxygen atoms in total. The van der Waals surface area contributed by atoms with E-state index in [0.29, 0.717) is 0 Å². The summed E-state index contributed by atoms with van der Waals surface area (Å²) < 4.78 is 1.94. The van der Waals surface area contributed by atoms with Crippen LogP contribution >= 0.6 is 0 Å². The van der Waals surface area contributed by atoms with Gasteiger partial charge in [-0.25, -0.2) is 9.97 Å². The maximum atomic E-state index is 4.45. The van der Waals surface area contributed by atoms with Crippen LogP contribution in [0.3, 0.4) is 0 Å². The van der Waals surface area contributed by atoms with Gasteiger partial charge < -0.3 is 4.90 Å². The summed E-state index contributed by atoms with van der Waals surface area (Å²) in [5.74, 6) is 0.867. The zero-order valence-electron chi connectivity index (χ0n) is 11.6. The highest BCUT2D eigenvalue weighted by Gasteiger charge is 2.05. The van der Waals surface area contributed by atoms with Gasteiger partial charge in [0, 0.05) is 43.8 Å². The second-order valence-corrected chi connectivity index (χ2v) is 4.80. The first kappa shape index (κ1) is 12.4. The van der Waals surface area contributed by atoms with E-state index in [2.05, 4.69) is 27.0 Å². The molecule has 0 fully saturated rings. The lowest BCUT2D eigenvalue weighted by Crippen LogP contribution is -2.09. The largest absolute Gasteiger partial charge is 0.378 e. The SMILES string of the molecule is CN(C)c1ccnc(-n2cnc(-c3ccccc3)c2)c1. The minimum Gasteiger partial charge on any atom is -0.378 e. The number of benzene rings is 1. The van der Waals surface area contributed by atoms with Crippen LogP contribution in [-0.2, 0) is 0 Å². The van der Waals surface area contributed by atoms with E-state index in [-0.39, 0.29) is 0 Å². The molecule has 0 aliphatic rings. The predicted octanol–water partition coefficient (Wildman–Crippen LogP) is 3.00. The third-order valence-corrected chi connectivity index (χ3v) is 3.16. The van der Waals surface area contributed by atoms with Crippen molar-refractivity contribution in [1.29, 1.82) is 0 Å². The molecule has 20 heavy (non-hydrogen) atoms. The van der Waals surface area contributed by atoms with Crippen LogP contribution in [0, 0.1) is 0 Å². The Morgan fingerprint density at radius 2 is 1.80 bits per heavy atom. The second-order valence-electron chi connectivity index (χ2n) is 4.80. The van der Waals surface area contributed by atoms with E-state index in [1.165, 1.54) is 0 Å². The molecule has 0 aliphatic heterocycles. The molecule has 0 saturated carbocycles. The van der Waals surface area contributed by atoms with E-state index in [1.807, 2.05) is 61.4 Å². The average Bonchev–Trinajstić information content (AvgIpc) is 2.98. The molecule has 0 unspecified atom stereocenters. The highest BCUT2D eigenvalue weighted by Crippen LogP contribution is 2.19. The van der Waals surface area contributed by atoms with Crippen molar-refractivity contribution < 1.29 is 0 Å². The van der Waals surface area contributed by atoms with Crippen LogP contribution in [-0.4, -0.2) is 28.6 Å². The fraction of sp³-hybridized carbons (Fsp3) is 0.125. The molecule has 0 spiro atoms. The van der Waals surface area contributed by atoms with E-state index < -0.39 is 0 Å². The molecule has 4 heteroatoms. The molecular weight excluding hydrogens is 248 g/mol. The summed E-state index contributed by atoms with van der Waals surface area (Å²) in [6.07, 6.45) is 5.61. The number of nitrogens with zero attached hydrogens (tertiary/aromatic N) is 4. The molecule has 3 aromatic rings. The van der Waals surface area contributed by atoms with Crippen LogP contribution in [0.2, 0.25) is 0 Å². The number of pyridine rings is 1. The lowest BCUT2D eigenvalue weighted by atomic mass is 10.2. The van der Waals surface area contributed by atoms with Gasteiger partial charge in [-0.15, -0.1) is 0 Å². The third-order valence-electron chi connectivity index (χ3n) is 3.16. The topological polar surface area (TPSA) is 34.0 Å². The van der Waals surface area contributed by atoms with Gasteiger partial charge in [0.05, 0.1) is 5.69 Å². The van der Waals surface area contributed by atoms with Gasteiger partial charge in [0.1, 0.15) is 12.1 Å². The second kappa shape index (κ2) is 5.17. The Bertz CT molecular complexity index is 701. The Morgan fingerprint density at radius 1 is 1.00 bits per heavy atom. The number of aromatic nitrogens is 3. The number of imidazole rings is 1. The lowest BCUT2D eigenvalue weighted by molar-refractivity contribution is 0.985. The maximum Gasteiger partial charge on any atom is 0.139 e. The van der Waals surface area contributed by atoms with Gasteiger partial charge in [-0.1, -0.05) is 30.3 Å². The Hall–Kier alpha value is -2.62. The zero-order valence-corrected chi connectivity index (χ0v) is 11.6. The Labute approximate surface area is 118 Å². The number of hydrogen-bond donors (Lipinski definition) is 0. The van der Waals surface area contributed by atoms with E-state index in [9.17, 15) is 0 Å². The quantitative estimate of drug-likeness (QED) is 0.729. The molecule has 0 N–H and O–H groups in total. The number of rotatable bonds is 3. The predicted molar refractivity (Wildman–Crippen MR) is 81.1 cm³/mol. The van der Waals surface area contributed by atoms with Crippen molar-refractivity contribution >= 4 is 5.69 Å². The molecule has 0 saturated heterocycles. The Balaban J connectivity index is 1.96. The zero-order chi connectivity index (χ0) is 13.9. The number of hydrogen-bond acceptors (Lipinski definition) is 3.